The Balaban J connectivity index is 2.19. The maximum absolute atomic E-state index is 11.4. The lowest BCUT2D eigenvalue weighted by Gasteiger charge is -2.27. The van der Waals surface area contributed by atoms with Crippen molar-refractivity contribution in [3.8, 4) is 0 Å². The molecule has 1 saturated heterocycles. The van der Waals surface area contributed by atoms with Gasteiger partial charge in [0.05, 0.1) is 0 Å². The molecule has 3 N–H and O–H groups in total. The number of carbonyl (C=O) groups is 1. The summed E-state index contributed by atoms with van der Waals surface area (Å²) in [6.45, 7) is 4.85. The van der Waals surface area contributed by atoms with Crippen LogP contribution in [0.4, 0.5) is 5.82 Å². The van der Waals surface area contributed by atoms with Crippen molar-refractivity contribution in [1.82, 2.24) is 15.3 Å². The zero-order chi connectivity index (χ0) is 13.7. The van der Waals surface area contributed by atoms with E-state index in [1.165, 1.54) is 12.6 Å². The molecule has 104 valence electrons. The fourth-order valence-corrected chi connectivity index (χ4v) is 2.47. The lowest BCUT2D eigenvalue weighted by atomic mass is 10.2. The third-order valence-corrected chi connectivity index (χ3v) is 3.31. The molecule has 0 aliphatic carbocycles. The van der Waals surface area contributed by atoms with Gasteiger partial charge in [0.1, 0.15) is 0 Å². The topological polar surface area (TPSA) is 84.1 Å². The first-order chi connectivity index (χ1) is 9.22. The lowest BCUT2D eigenvalue weighted by Crippen LogP contribution is -2.39. The summed E-state index contributed by atoms with van der Waals surface area (Å²) in [5.74, 6) is 0.0779. The van der Waals surface area contributed by atoms with Crippen molar-refractivity contribution in [2.24, 2.45) is 5.73 Å². The highest BCUT2D eigenvalue weighted by Gasteiger charge is 2.22. The van der Waals surface area contributed by atoms with Crippen LogP contribution in [0, 0.1) is 0 Å². The second-order valence-corrected chi connectivity index (χ2v) is 4.83. The van der Waals surface area contributed by atoms with Gasteiger partial charge in [-0.05, 0) is 25.8 Å². The molecule has 0 bridgehead atoms. The summed E-state index contributed by atoms with van der Waals surface area (Å²) < 4.78 is 0. The van der Waals surface area contributed by atoms with E-state index in [-0.39, 0.29) is 5.69 Å². The van der Waals surface area contributed by atoms with Gasteiger partial charge < -0.3 is 16.0 Å². The molecule has 6 heteroatoms. The minimum Gasteiger partial charge on any atom is -0.364 e. The number of nitrogens with one attached hydrogen (secondary N) is 1. The molecule has 1 aromatic rings. The standard InChI is InChI=1S/C13H21N5O/c1-2-8-18(9-10-4-3-5-15-10)13-11(12(14)19)16-6-7-17-13/h6-7,10,15H,2-5,8-9H2,1H3,(H2,14,19). The van der Waals surface area contributed by atoms with Gasteiger partial charge in [-0.1, -0.05) is 6.92 Å². The van der Waals surface area contributed by atoms with Crippen LogP contribution in [0.3, 0.4) is 0 Å². The Hall–Kier alpha value is -1.69. The highest BCUT2D eigenvalue weighted by Crippen LogP contribution is 2.17. The third kappa shape index (κ3) is 3.41. The van der Waals surface area contributed by atoms with Crippen molar-refractivity contribution in [3.63, 3.8) is 0 Å². The molecule has 0 saturated carbocycles. The molecular formula is C13H21N5O. The molecule has 19 heavy (non-hydrogen) atoms. The zero-order valence-electron chi connectivity index (χ0n) is 11.3. The van der Waals surface area contributed by atoms with E-state index in [1.54, 1.807) is 6.20 Å². The number of hydrogen-bond acceptors (Lipinski definition) is 5. The average Bonchev–Trinajstić information content (AvgIpc) is 2.91. The predicted molar refractivity (Wildman–Crippen MR) is 74.1 cm³/mol. The Morgan fingerprint density at radius 3 is 2.95 bits per heavy atom. The van der Waals surface area contributed by atoms with E-state index in [0.29, 0.717) is 11.9 Å². The number of amides is 1. The van der Waals surface area contributed by atoms with E-state index in [2.05, 4.69) is 27.1 Å². The van der Waals surface area contributed by atoms with Crippen LogP contribution in [0.25, 0.3) is 0 Å². The molecular weight excluding hydrogens is 242 g/mol. The van der Waals surface area contributed by atoms with E-state index in [9.17, 15) is 4.79 Å². The third-order valence-electron chi connectivity index (χ3n) is 3.31. The summed E-state index contributed by atoms with van der Waals surface area (Å²) >= 11 is 0. The summed E-state index contributed by atoms with van der Waals surface area (Å²) in [5.41, 5.74) is 5.63. The Labute approximate surface area is 113 Å². The maximum Gasteiger partial charge on any atom is 0.271 e. The summed E-state index contributed by atoms with van der Waals surface area (Å²) in [5, 5.41) is 3.46. The molecule has 1 aliphatic rings. The fourth-order valence-electron chi connectivity index (χ4n) is 2.47. The molecule has 1 fully saturated rings. The fraction of sp³-hybridized carbons (Fsp3) is 0.615. The predicted octanol–water partition coefficient (Wildman–Crippen LogP) is 0.544. The number of anilines is 1. The Kier molecular flexibility index (Phi) is 4.68. The smallest absolute Gasteiger partial charge is 0.271 e. The first-order valence-electron chi connectivity index (χ1n) is 6.81. The highest BCUT2D eigenvalue weighted by molar-refractivity contribution is 5.95. The second-order valence-electron chi connectivity index (χ2n) is 4.83. The molecule has 1 aliphatic heterocycles. The zero-order valence-corrected chi connectivity index (χ0v) is 11.3. The van der Waals surface area contributed by atoms with Gasteiger partial charge in [0, 0.05) is 31.5 Å². The van der Waals surface area contributed by atoms with Crippen LogP contribution in [0.15, 0.2) is 12.4 Å². The second kappa shape index (κ2) is 6.47. The van der Waals surface area contributed by atoms with Crippen molar-refractivity contribution in [2.75, 3.05) is 24.5 Å². The van der Waals surface area contributed by atoms with Gasteiger partial charge in [-0.3, -0.25) is 4.79 Å². The highest BCUT2D eigenvalue weighted by atomic mass is 16.1. The number of hydrogen-bond donors (Lipinski definition) is 2. The number of carbonyl (C=O) groups excluding carboxylic acids is 1. The van der Waals surface area contributed by atoms with Gasteiger partial charge in [0.25, 0.3) is 5.91 Å². The van der Waals surface area contributed by atoms with Gasteiger partial charge in [0.15, 0.2) is 11.5 Å². The molecule has 6 nitrogen and oxygen atoms in total. The van der Waals surface area contributed by atoms with Crippen molar-refractivity contribution in [2.45, 2.75) is 32.2 Å². The van der Waals surface area contributed by atoms with Crippen LogP contribution >= 0.6 is 0 Å². The summed E-state index contributed by atoms with van der Waals surface area (Å²) in [4.78, 5) is 21.9. The van der Waals surface area contributed by atoms with Crippen molar-refractivity contribution in [1.29, 1.82) is 0 Å². The molecule has 2 heterocycles. The average molecular weight is 263 g/mol. The molecule has 2 rings (SSSR count). The summed E-state index contributed by atoms with van der Waals surface area (Å²) in [6.07, 6.45) is 6.45. The van der Waals surface area contributed by atoms with Gasteiger partial charge in [-0.15, -0.1) is 0 Å². The number of primary amides is 1. The molecule has 1 aromatic heterocycles. The van der Waals surface area contributed by atoms with Crippen molar-refractivity contribution < 1.29 is 4.79 Å². The SMILES string of the molecule is CCCN(CC1CCCN1)c1nccnc1C(N)=O. The van der Waals surface area contributed by atoms with E-state index < -0.39 is 5.91 Å². The van der Waals surface area contributed by atoms with Gasteiger partial charge >= 0.3 is 0 Å². The van der Waals surface area contributed by atoms with Gasteiger partial charge in [-0.2, -0.15) is 0 Å². The van der Waals surface area contributed by atoms with Gasteiger partial charge in [-0.25, -0.2) is 9.97 Å². The van der Waals surface area contributed by atoms with E-state index in [1.807, 2.05) is 0 Å². The van der Waals surface area contributed by atoms with Crippen LogP contribution in [0.2, 0.25) is 0 Å². The first-order valence-corrected chi connectivity index (χ1v) is 6.81. The maximum atomic E-state index is 11.4. The largest absolute Gasteiger partial charge is 0.364 e. The van der Waals surface area contributed by atoms with Crippen LogP contribution < -0.4 is 16.0 Å². The van der Waals surface area contributed by atoms with Gasteiger partial charge in [0.2, 0.25) is 0 Å². The van der Waals surface area contributed by atoms with E-state index in [4.69, 9.17) is 5.73 Å². The van der Waals surface area contributed by atoms with Crippen LogP contribution in [0.5, 0.6) is 0 Å². The monoisotopic (exact) mass is 263 g/mol. The molecule has 0 spiro atoms. The Morgan fingerprint density at radius 1 is 1.53 bits per heavy atom. The van der Waals surface area contributed by atoms with E-state index in [0.717, 1.165) is 32.5 Å². The van der Waals surface area contributed by atoms with E-state index >= 15 is 0 Å². The number of nitrogens with zero attached hydrogens (tertiary/aromatic N) is 3. The molecule has 1 unspecified atom stereocenters. The van der Waals surface area contributed by atoms with Crippen LogP contribution in [-0.2, 0) is 0 Å². The lowest BCUT2D eigenvalue weighted by molar-refractivity contribution is 0.0995. The number of rotatable bonds is 6. The number of nitrogens with two attached hydrogens (primary N) is 1. The minimum atomic E-state index is -0.524. The summed E-state index contributed by atoms with van der Waals surface area (Å²) in [7, 11) is 0. The van der Waals surface area contributed by atoms with Crippen LogP contribution in [0.1, 0.15) is 36.7 Å². The molecule has 1 atom stereocenters. The minimum absolute atomic E-state index is 0.258. The normalized spacial score (nSPS) is 18.5. The number of aromatic nitrogens is 2. The Morgan fingerprint density at radius 2 is 2.32 bits per heavy atom. The van der Waals surface area contributed by atoms with Crippen LogP contribution in [-0.4, -0.2) is 41.6 Å². The van der Waals surface area contributed by atoms with Crippen molar-refractivity contribution in [3.05, 3.63) is 18.1 Å². The molecule has 0 aromatic carbocycles. The first kappa shape index (κ1) is 13.7. The molecule has 0 radical (unpaired) electrons. The van der Waals surface area contributed by atoms with Crippen molar-refractivity contribution >= 4 is 11.7 Å². The Bertz CT molecular complexity index is 431. The quantitative estimate of drug-likeness (QED) is 0.782. The summed E-state index contributed by atoms with van der Waals surface area (Å²) in [6, 6.07) is 0.453. The molecule has 1 amide bonds.